The second-order valence-electron chi connectivity index (χ2n) is 5.41. The van der Waals surface area contributed by atoms with Gasteiger partial charge >= 0.3 is 0 Å². The maximum absolute atomic E-state index is 13.1. The van der Waals surface area contributed by atoms with E-state index in [9.17, 15) is 18.4 Å². The van der Waals surface area contributed by atoms with Crippen molar-refractivity contribution in [1.82, 2.24) is 5.32 Å². The van der Waals surface area contributed by atoms with Gasteiger partial charge in [0, 0.05) is 17.8 Å². The smallest absolute Gasteiger partial charge is 0.251 e. The second-order valence-corrected chi connectivity index (χ2v) is 5.82. The van der Waals surface area contributed by atoms with Gasteiger partial charge in [-0.05, 0) is 48.9 Å². The monoisotopic (exact) mass is 350 g/mol. The van der Waals surface area contributed by atoms with Crippen molar-refractivity contribution in [3.8, 4) is 0 Å². The molecule has 2 amide bonds. The van der Waals surface area contributed by atoms with E-state index in [-0.39, 0.29) is 22.3 Å². The minimum atomic E-state index is -0.689. The number of rotatable bonds is 3. The van der Waals surface area contributed by atoms with Crippen LogP contribution in [-0.2, 0) is 4.79 Å². The lowest BCUT2D eigenvalue weighted by atomic mass is 10.2. The summed E-state index contributed by atoms with van der Waals surface area (Å²) in [6.07, 6.45) is 0.427. The van der Waals surface area contributed by atoms with Crippen LogP contribution in [0.15, 0.2) is 42.5 Å². The van der Waals surface area contributed by atoms with Gasteiger partial charge in [-0.15, -0.1) is 0 Å². The second kappa shape index (κ2) is 6.57. The van der Waals surface area contributed by atoms with E-state index in [1.165, 1.54) is 41.3 Å². The lowest BCUT2D eigenvalue weighted by Crippen LogP contribution is -2.41. The summed E-state index contributed by atoms with van der Waals surface area (Å²) in [7, 11) is 0. The fourth-order valence-corrected chi connectivity index (χ4v) is 2.75. The highest BCUT2D eigenvalue weighted by molar-refractivity contribution is 6.31. The summed E-state index contributed by atoms with van der Waals surface area (Å²) < 4.78 is 26.1. The first-order valence-electron chi connectivity index (χ1n) is 7.28. The maximum Gasteiger partial charge on any atom is 0.251 e. The van der Waals surface area contributed by atoms with Gasteiger partial charge in [0.25, 0.3) is 5.91 Å². The fraction of sp³-hybridized carbons (Fsp3) is 0.176. The van der Waals surface area contributed by atoms with Gasteiger partial charge in [-0.25, -0.2) is 8.78 Å². The van der Waals surface area contributed by atoms with E-state index in [0.29, 0.717) is 18.7 Å². The number of amides is 2. The van der Waals surface area contributed by atoms with Crippen molar-refractivity contribution in [3.63, 3.8) is 0 Å². The Morgan fingerprint density at radius 2 is 1.88 bits per heavy atom. The molecule has 0 spiro atoms. The first-order valence-corrected chi connectivity index (χ1v) is 7.66. The highest BCUT2D eigenvalue weighted by Crippen LogP contribution is 2.22. The van der Waals surface area contributed by atoms with Crippen molar-refractivity contribution in [2.24, 2.45) is 0 Å². The average Bonchev–Trinajstić information content (AvgIpc) is 2.92. The molecule has 1 heterocycles. The predicted molar refractivity (Wildman–Crippen MR) is 86.0 cm³/mol. The molecular weight excluding hydrogens is 338 g/mol. The maximum atomic E-state index is 13.1. The number of hydrogen-bond donors (Lipinski definition) is 1. The molecule has 0 saturated carbocycles. The molecule has 1 N–H and O–H groups in total. The van der Waals surface area contributed by atoms with Gasteiger partial charge in [0.1, 0.15) is 17.7 Å². The van der Waals surface area contributed by atoms with Crippen LogP contribution >= 0.6 is 11.6 Å². The fourth-order valence-electron chi connectivity index (χ4n) is 2.57. The summed E-state index contributed by atoms with van der Waals surface area (Å²) >= 11 is 5.66. The van der Waals surface area contributed by atoms with Crippen LogP contribution in [-0.4, -0.2) is 24.4 Å². The number of carbonyl (C=O) groups excluding carboxylic acids is 2. The van der Waals surface area contributed by atoms with Crippen LogP contribution in [0, 0.1) is 11.6 Å². The van der Waals surface area contributed by atoms with E-state index < -0.39 is 17.8 Å². The molecule has 2 aromatic carbocycles. The summed E-state index contributed by atoms with van der Waals surface area (Å²) in [5, 5.41) is 2.46. The van der Waals surface area contributed by atoms with Crippen LogP contribution in [0.5, 0.6) is 0 Å². The Hall–Kier alpha value is -2.47. The number of carbonyl (C=O) groups is 2. The van der Waals surface area contributed by atoms with E-state index in [4.69, 9.17) is 11.6 Å². The Labute approximate surface area is 142 Å². The molecule has 2 aromatic rings. The van der Waals surface area contributed by atoms with Crippen molar-refractivity contribution < 1.29 is 18.4 Å². The molecule has 1 aliphatic heterocycles. The number of halogens is 3. The number of nitrogens with zero attached hydrogens (tertiary/aromatic N) is 1. The minimum Gasteiger partial charge on any atom is -0.340 e. The Balaban J connectivity index is 1.70. The molecule has 0 radical (unpaired) electrons. The molecule has 0 aliphatic carbocycles. The van der Waals surface area contributed by atoms with E-state index >= 15 is 0 Å². The van der Waals surface area contributed by atoms with Crippen molar-refractivity contribution in [2.75, 3.05) is 11.4 Å². The number of anilines is 1. The molecule has 1 atom stereocenters. The normalized spacial score (nSPS) is 17.2. The Morgan fingerprint density at radius 1 is 1.17 bits per heavy atom. The zero-order valence-corrected chi connectivity index (χ0v) is 13.2. The first-order chi connectivity index (χ1) is 11.5. The lowest BCUT2D eigenvalue weighted by Gasteiger charge is -2.17. The van der Waals surface area contributed by atoms with Crippen LogP contribution in [0.4, 0.5) is 14.5 Å². The first kappa shape index (κ1) is 16.4. The van der Waals surface area contributed by atoms with E-state index in [1.807, 2.05) is 0 Å². The Kier molecular flexibility index (Phi) is 4.49. The van der Waals surface area contributed by atoms with Crippen molar-refractivity contribution in [1.29, 1.82) is 0 Å². The highest BCUT2D eigenvalue weighted by Gasteiger charge is 2.33. The highest BCUT2D eigenvalue weighted by atomic mass is 35.5. The third kappa shape index (κ3) is 3.23. The predicted octanol–water partition coefficient (Wildman–Crippen LogP) is 3.15. The van der Waals surface area contributed by atoms with E-state index in [0.717, 1.165) is 6.07 Å². The molecule has 1 saturated heterocycles. The van der Waals surface area contributed by atoms with Gasteiger partial charge in [0.2, 0.25) is 5.91 Å². The molecule has 24 heavy (non-hydrogen) atoms. The van der Waals surface area contributed by atoms with E-state index in [1.54, 1.807) is 0 Å². The van der Waals surface area contributed by atoms with Gasteiger partial charge in [-0.2, -0.15) is 0 Å². The van der Waals surface area contributed by atoms with E-state index in [2.05, 4.69) is 5.32 Å². The van der Waals surface area contributed by atoms with Gasteiger partial charge in [-0.1, -0.05) is 11.6 Å². The average molecular weight is 351 g/mol. The largest absolute Gasteiger partial charge is 0.340 e. The molecule has 7 heteroatoms. The minimum absolute atomic E-state index is 0.159. The molecule has 0 aromatic heterocycles. The third-order valence-electron chi connectivity index (χ3n) is 3.83. The summed E-state index contributed by atoms with van der Waals surface area (Å²) in [6, 6.07) is 8.49. The van der Waals surface area contributed by atoms with Crippen LogP contribution in [0.2, 0.25) is 5.02 Å². The zero-order chi connectivity index (χ0) is 17.3. The molecule has 1 aliphatic rings. The molecule has 1 fully saturated rings. The SMILES string of the molecule is O=C(N[C@@H]1CCN(c2ccc(F)cc2)C1=O)c1ccc(F)c(Cl)c1. The topological polar surface area (TPSA) is 49.4 Å². The van der Waals surface area contributed by atoms with Crippen molar-refractivity contribution >= 4 is 29.1 Å². The lowest BCUT2D eigenvalue weighted by molar-refractivity contribution is -0.118. The van der Waals surface area contributed by atoms with Gasteiger partial charge < -0.3 is 10.2 Å². The summed E-state index contributed by atoms with van der Waals surface area (Å²) in [6.45, 7) is 0.416. The number of hydrogen-bond acceptors (Lipinski definition) is 2. The molecule has 124 valence electrons. The van der Waals surface area contributed by atoms with Crippen LogP contribution in [0.1, 0.15) is 16.8 Å². The quantitative estimate of drug-likeness (QED) is 0.924. The molecule has 4 nitrogen and oxygen atoms in total. The standard InChI is InChI=1S/C17H13ClF2N2O2/c18-13-9-10(1-6-14(13)20)16(23)21-15-7-8-22(17(15)24)12-4-2-11(19)3-5-12/h1-6,9,15H,7-8H2,(H,21,23)/t15-/m1/s1. The van der Waals surface area contributed by atoms with Crippen molar-refractivity contribution in [2.45, 2.75) is 12.5 Å². The van der Waals surface area contributed by atoms with Crippen LogP contribution in [0.3, 0.4) is 0 Å². The third-order valence-corrected chi connectivity index (χ3v) is 4.12. The van der Waals surface area contributed by atoms with Gasteiger partial charge in [0.05, 0.1) is 5.02 Å². The Bertz CT molecular complexity index is 796. The van der Waals surface area contributed by atoms with Gasteiger partial charge in [0.15, 0.2) is 0 Å². The number of nitrogens with one attached hydrogen (secondary N) is 1. The molecular formula is C17H13ClF2N2O2. The molecule has 0 unspecified atom stereocenters. The van der Waals surface area contributed by atoms with Crippen LogP contribution < -0.4 is 10.2 Å². The summed E-state index contributed by atoms with van der Waals surface area (Å²) in [5.41, 5.74) is 0.748. The zero-order valence-electron chi connectivity index (χ0n) is 12.4. The number of benzene rings is 2. The van der Waals surface area contributed by atoms with Gasteiger partial charge in [-0.3, -0.25) is 9.59 Å². The van der Waals surface area contributed by atoms with Crippen LogP contribution in [0.25, 0.3) is 0 Å². The van der Waals surface area contributed by atoms with Crippen molar-refractivity contribution in [3.05, 3.63) is 64.7 Å². The molecule has 3 rings (SSSR count). The summed E-state index contributed by atoms with van der Waals surface area (Å²) in [5.74, 6) is -1.78. The summed E-state index contributed by atoms with van der Waals surface area (Å²) in [4.78, 5) is 26.1. The molecule has 0 bridgehead atoms. The Morgan fingerprint density at radius 3 is 2.54 bits per heavy atom.